The molecule has 1 amide bonds. The van der Waals surface area contributed by atoms with E-state index < -0.39 is 5.91 Å². The van der Waals surface area contributed by atoms with E-state index in [1.54, 1.807) is 31.2 Å². The summed E-state index contributed by atoms with van der Waals surface area (Å²) >= 11 is 1.18. The van der Waals surface area contributed by atoms with Crippen molar-refractivity contribution in [2.45, 2.75) is 6.92 Å². The Labute approximate surface area is 102 Å². The first kappa shape index (κ1) is 11.5. The third-order valence-corrected chi connectivity index (χ3v) is 3.18. The molecule has 1 heterocycles. The lowest BCUT2D eigenvalue weighted by Gasteiger charge is -1.98. The number of hydrogen-bond acceptors (Lipinski definition) is 4. The van der Waals surface area contributed by atoms with E-state index in [0.29, 0.717) is 15.4 Å². The molecule has 4 nitrogen and oxygen atoms in total. The van der Waals surface area contributed by atoms with E-state index in [-0.39, 0.29) is 11.5 Å². The Hall–Kier alpha value is -2.01. The van der Waals surface area contributed by atoms with E-state index in [4.69, 9.17) is 5.73 Å². The number of primary amides is 1. The molecule has 0 aliphatic heterocycles. The van der Waals surface area contributed by atoms with Gasteiger partial charge >= 0.3 is 0 Å². The number of hydrogen-bond donors (Lipinski definition) is 1. The Morgan fingerprint density at radius 2 is 1.88 bits per heavy atom. The molecule has 0 saturated carbocycles. The smallest absolute Gasteiger partial charge is 0.268 e. The molecule has 5 heteroatoms. The molecule has 0 saturated heterocycles. The molecule has 0 fully saturated rings. The number of amides is 1. The molecule has 17 heavy (non-hydrogen) atoms. The lowest BCUT2D eigenvalue weighted by molar-refractivity contribution is 0.0979. The number of nitrogens with two attached hydrogens (primary N) is 1. The molecule has 2 N–H and O–H groups in total. The quantitative estimate of drug-likeness (QED) is 0.839. The summed E-state index contributed by atoms with van der Waals surface area (Å²) in [5, 5.41) is 0.651. The molecule has 2 rings (SSSR count). The number of aromatic nitrogens is 1. The molecule has 1 aromatic carbocycles. The van der Waals surface area contributed by atoms with Crippen LogP contribution in [0.15, 0.2) is 30.3 Å². The van der Waals surface area contributed by atoms with Crippen LogP contribution in [0.4, 0.5) is 0 Å². The minimum absolute atomic E-state index is 0.0568. The molecule has 0 spiro atoms. The summed E-state index contributed by atoms with van der Waals surface area (Å²) in [6, 6.07) is 8.75. The highest BCUT2D eigenvalue weighted by Gasteiger charge is 2.21. The van der Waals surface area contributed by atoms with Gasteiger partial charge in [0.15, 0.2) is 0 Å². The fourth-order valence-corrected chi connectivity index (χ4v) is 2.35. The van der Waals surface area contributed by atoms with Gasteiger partial charge in [-0.25, -0.2) is 4.98 Å². The summed E-state index contributed by atoms with van der Waals surface area (Å²) in [7, 11) is 0. The topological polar surface area (TPSA) is 73.0 Å². The van der Waals surface area contributed by atoms with E-state index in [0.717, 1.165) is 0 Å². The summed E-state index contributed by atoms with van der Waals surface area (Å²) in [5.74, 6) is -0.890. The van der Waals surface area contributed by atoms with Crippen molar-refractivity contribution in [3.8, 4) is 0 Å². The molecule has 1 aromatic heterocycles. The van der Waals surface area contributed by atoms with Crippen molar-refractivity contribution in [1.29, 1.82) is 0 Å². The first-order valence-electron chi connectivity index (χ1n) is 4.96. The lowest BCUT2D eigenvalue weighted by atomic mass is 10.1. The predicted molar refractivity (Wildman–Crippen MR) is 65.2 cm³/mol. The standard InChI is InChI=1S/C12H10N2O2S/c1-7-14-9(12(13)16)11(17-7)10(15)8-5-3-2-4-6-8/h2-6H,1H3,(H2,13,16). The van der Waals surface area contributed by atoms with Gasteiger partial charge in [-0.2, -0.15) is 0 Å². The van der Waals surface area contributed by atoms with Crippen LogP contribution >= 0.6 is 11.3 Å². The Balaban J connectivity index is 2.48. The Morgan fingerprint density at radius 1 is 1.24 bits per heavy atom. The second-order valence-corrected chi connectivity index (χ2v) is 4.67. The highest BCUT2D eigenvalue weighted by atomic mass is 32.1. The molecule has 0 aliphatic carbocycles. The van der Waals surface area contributed by atoms with Gasteiger partial charge in [-0.1, -0.05) is 30.3 Å². The third-order valence-electron chi connectivity index (χ3n) is 2.21. The molecule has 0 bridgehead atoms. The maximum absolute atomic E-state index is 12.1. The monoisotopic (exact) mass is 246 g/mol. The van der Waals surface area contributed by atoms with Gasteiger partial charge in [0.05, 0.1) is 5.01 Å². The SMILES string of the molecule is Cc1nc(C(N)=O)c(C(=O)c2ccccc2)s1. The zero-order chi connectivity index (χ0) is 12.4. The molecule has 0 radical (unpaired) electrons. The van der Waals surface area contributed by atoms with Crippen molar-refractivity contribution in [2.24, 2.45) is 5.73 Å². The van der Waals surface area contributed by atoms with E-state index in [9.17, 15) is 9.59 Å². The number of thiazole rings is 1. The van der Waals surface area contributed by atoms with Gasteiger partial charge in [0.1, 0.15) is 10.6 Å². The van der Waals surface area contributed by atoms with Crippen LogP contribution in [-0.2, 0) is 0 Å². The Bertz CT molecular complexity index is 575. The molecule has 86 valence electrons. The molecular weight excluding hydrogens is 236 g/mol. The van der Waals surface area contributed by atoms with Crippen LogP contribution in [0, 0.1) is 6.92 Å². The van der Waals surface area contributed by atoms with E-state index >= 15 is 0 Å². The van der Waals surface area contributed by atoms with Crippen LogP contribution in [0.25, 0.3) is 0 Å². The molecular formula is C12H10N2O2S. The number of carbonyl (C=O) groups is 2. The summed E-state index contributed by atoms with van der Waals surface area (Å²) in [6.45, 7) is 1.74. The summed E-state index contributed by atoms with van der Waals surface area (Å²) in [6.07, 6.45) is 0. The predicted octanol–water partition coefficient (Wildman–Crippen LogP) is 1.78. The van der Waals surface area contributed by atoms with Crippen LogP contribution in [0.5, 0.6) is 0 Å². The second-order valence-electron chi connectivity index (χ2n) is 3.47. The van der Waals surface area contributed by atoms with Gasteiger partial charge in [0.2, 0.25) is 5.78 Å². The maximum atomic E-state index is 12.1. The van der Waals surface area contributed by atoms with Gasteiger partial charge < -0.3 is 5.73 Å². The zero-order valence-electron chi connectivity index (χ0n) is 9.14. The number of rotatable bonds is 3. The number of nitrogens with zero attached hydrogens (tertiary/aromatic N) is 1. The minimum Gasteiger partial charge on any atom is -0.364 e. The third kappa shape index (κ3) is 2.24. The molecule has 0 unspecified atom stereocenters. The molecule has 0 aliphatic rings. The highest BCUT2D eigenvalue weighted by molar-refractivity contribution is 7.14. The lowest BCUT2D eigenvalue weighted by Crippen LogP contribution is -2.16. The van der Waals surface area contributed by atoms with Crippen molar-refractivity contribution >= 4 is 23.0 Å². The molecule has 0 atom stereocenters. The van der Waals surface area contributed by atoms with Crippen molar-refractivity contribution in [2.75, 3.05) is 0 Å². The number of ketones is 1. The van der Waals surface area contributed by atoms with Crippen LogP contribution < -0.4 is 5.73 Å². The highest BCUT2D eigenvalue weighted by Crippen LogP contribution is 2.21. The van der Waals surface area contributed by atoms with Crippen LogP contribution in [0.2, 0.25) is 0 Å². The average Bonchev–Trinajstić information content (AvgIpc) is 2.72. The van der Waals surface area contributed by atoms with Crippen LogP contribution in [0.1, 0.15) is 30.7 Å². The number of aryl methyl sites for hydroxylation is 1. The first-order chi connectivity index (χ1) is 8.09. The van der Waals surface area contributed by atoms with Gasteiger partial charge in [-0.3, -0.25) is 9.59 Å². The molecule has 2 aromatic rings. The van der Waals surface area contributed by atoms with Crippen molar-refractivity contribution in [3.05, 3.63) is 51.5 Å². The van der Waals surface area contributed by atoms with Crippen molar-refractivity contribution in [3.63, 3.8) is 0 Å². The Morgan fingerprint density at radius 3 is 2.47 bits per heavy atom. The van der Waals surface area contributed by atoms with E-state index in [1.807, 2.05) is 6.07 Å². The van der Waals surface area contributed by atoms with Crippen molar-refractivity contribution < 1.29 is 9.59 Å². The number of carbonyl (C=O) groups excluding carboxylic acids is 2. The fraction of sp³-hybridized carbons (Fsp3) is 0.0833. The Kier molecular flexibility index (Phi) is 3.01. The number of benzene rings is 1. The first-order valence-corrected chi connectivity index (χ1v) is 5.78. The zero-order valence-corrected chi connectivity index (χ0v) is 9.95. The van der Waals surface area contributed by atoms with Crippen LogP contribution in [0.3, 0.4) is 0 Å². The van der Waals surface area contributed by atoms with Crippen LogP contribution in [-0.4, -0.2) is 16.7 Å². The maximum Gasteiger partial charge on any atom is 0.268 e. The van der Waals surface area contributed by atoms with Gasteiger partial charge in [0, 0.05) is 5.56 Å². The van der Waals surface area contributed by atoms with E-state index in [2.05, 4.69) is 4.98 Å². The minimum atomic E-state index is -0.673. The summed E-state index contributed by atoms with van der Waals surface area (Å²) < 4.78 is 0. The van der Waals surface area contributed by atoms with Gasteiger partial charge in [-0.05, 0) is 6.92 Å². The van der Waals surface area contributed by atoms with E-state index in [1.165, 1.54) is 11.3 Å². The summed E-state index contributed by atoms with van der Waals surface area (Å²) in [5.41, 5.74) is 5.78. The van der Waals surface area contributed by atoms with Crippen molar-refractivity contribution in [1.82, 2.24) is 4.98 Å². The largest absolute Gasteiger partial charge is 0.364 e. The second kappa shape index (κ2) is 4.47. The normalized spacial score (nSPS) is 10.2. The summed E-state index contributed by atoms with van der Waals surface area (Å²) in [4.78, 5) is 27.6. The average molecular weight is 246 g/mol. The van der Waals surface area contributed by atoms with Gasteiger partial charge in [0.25, 0.3) is 5.91 Å². The van der Waals surface area contributed by atoms with Gasteiger partial charge in [-0.15, -0.1) is 11.3 Å². The fourth-order valence-electron chi connectivity index (χ4n) is 1.47.